The van der Waals surface area contributed by atoms with Crippen molar-refractivity contribution in [2.24, 2.45) is 0 Å². The zero-order chi connectivity index (χ0) is 29.3. The quantitative estimate of drug-likeness (QED) is 0.365. The van der Waals surface area contributed by atoms with Crippen LogP contribution in [0.4, 0.5) is 5.82 Å². The Morgan fingerprint density at radius 1 is 1.05 bits per heavy atom. The minimum absolute atomic E-state index is 0.0414. The molecule has 0 spiro atoms. The first-order valence-corrected chi connectivity index (χ1v) is 15.9. The number of allylic oxidation sites excluding steroid dienone is 1. The van der Waals surface area contributed by atoms with Crippen LogP contribution in [0.5, 0.6) is 6.01 Å². The molecule has 1 saturated carbocycles. The summed E-state index contributed by atoms with van der Waals surface area (Å²) >= 11 is 0. The third kappa shape index (κ3) is 5.83. The Kier molecular flexibility index (Phi) is 7.75. The van der Waals surface area contributed by atoms with Gasteiger partial charge in [-0.05, 0) is 80.8 Å². The summed E-state index contributed by atoms with van der Waals surface area (Å²) in [6.45, 7) is 3.52. The Bertz CT molecular complexity index is 1580. The molecular formula is C35H40N6O2. The number of nitrogens with zero attached hydrogens (tertiary/aromatic N) is 6. The van der Waals surface area contributed by atoms with Crippen molar-refractivity contribution in [3.05, 3.63) is 70.9 Å². The van der Waals surface area contributed by atoms with Crippen LogP contribution in [-0.2, 0) is 17.6 Å². The van der Waals surface area contributed by atoms with E-state index in [-0.39, 0.29) is 11.9 Å². The fraction of sp³-hybridized carbons (Fsp3) is 0.486. The second-order valence-corrected chi connectivity index (χ2v) is 12.6. The summed E-state index contributed by atoms with van der Waals surface area (Å²) in [7, 11) is 2.16. The van der Waals surface area contributed by atoms with Gasteiger partial charge in [0.15, 0.2) is 0 Å². The molecule has 2 aliphatic heterocycles. The SMILES string of the molecule is CN1CCC[C@H]1COc1nc2c(c(N3CCN(C(=O)C=C4CC4)[C@@H](CC#N)C3)n1)CC[C@H](c1cccc3ccccc13)C2. The molecule has 7 rings (SSSR count). The lowest BCUT2D eigenvalue weighted by atomic mass is 9.80. The first-order chi connectivity index (χ1) is 21.1. The Morgan fingerprint density at radius 3 is 2.72 bits per heavy atom. The van der Waals surface area contributed by atoms with E-state index < -0.39 is 0 Å². The Hall–Kier alpha value is -3.96. The maximum absolute atomic E-state index is 13.0. The third-order valence-corrected chi connectivity index (χ3v) is 9.83. The van der Waals surface area contributed by atoms with E-state index in [0.717, 1.165) is 56.6 Å². The number of anilines is 1. The van der Waals surface area contributed by atoms with Crippen LogP contribution in [0.15, 0.2) is 54.1 Å². The van der Waals surface area contributed by atoms with E-state index in [2.05, 4.69) is 65.4 Å². The van der Waals surface area contributed by atoms with Gasteiger partial charge >= 0.3 is 6.01 Å². The van der Waals surface area contributed by atoms with Gasteiger partial charge in [-0.1, -0.05) is 48.0 Å². The van der Waals surface area contributed by atoms with Crippen molar-refractivity contribution >= 4 is 22.5 Å². The number of carbonyl (C=O) groups excluding carboxylic acids is 1. The smallest absolute Gasteiger partial charge is 0.318 e. The fourth-order valence-electron chi connectivity index (χ4n) is 7.22. The molecule has 1 aromatic heterocycles. The van der Waals surface area contributed by atoms with Crippen molar-refractivity contribution in [2.45, 2.75) is 69.4 Å². The molecule has 0 bridgehead atoms. The molecule has 2 saturated heterocycles. The number of carbonyl (C=O) groups is 1. The van der Waals surface area contributed by atoms with Gasteiger partial charge < -0.3 is 19.4 Å². The lowest BCUT2D eigenvalue weighted by Crippen LogP contribution is -2.55. The molecule has 3 heterocycles. The molecule has 0 unspecified atom stereocenters. The van der Waals surface area contributed by atoms with Gasteiger partial charge in [0.25, 0.3) is 0 Å². The van der Waals surface area contributed by atoms with Crippen LogP contribution in [0.3, 0.4) is 0 Å². The standard InChI is InChI=1S/C35H40N6O2/c1-39-17-5-8-28(39)23-43-35-37-32-21-26(30-10-4-7-25-6-2-3-9-29(25)30)13-14-31(32)34(38-35)40-18-19-41(27(22-40)15-16-36)33(42)20-24-11-12-24/h2-4,6-7,9-10,20,26-28H,5,8,11-15,17-19,21-23H2,1H3/t26-,27-,28-/m0/s1. The summed E-state index contributed by atoms with van der Waals surface area (Å²) in [5.41, 5.74) is 4.85. The van der Waals surface area contributed by atoms with Crippen molar-refractivity contribution in [1.82, 2.24) is 19.8 Å². The maximum atomic E-state index is 13.0. The number of rotatable bonds is 7. The number of benzene rings is 2. The molecule has 3 atom stereocenters. The Labute approximate surface area is 254 Å². The summed E-state index contributed by atoms with van der Waals surface area (Å²) in [6.07, 6.45) is 9.18. The van der Waals surface area contributed by atoms with Crippen molar-refractivity contribution < 1.29 is 9.53 Å². The highest BCUT2D eigenvalue weighted by Gasteiger charge is 2.34. The molecule has 4 aliphatic rings. The molecule has 43 heavy (non-hydrogen) atoms. The first kappa shape index (κ1) is 27.8. The molecule has 8 nitrogen and oxygen atoms in total. The highest BCUT2D eigenvalue weighted by molar-refractivity contribution is 5.89. The number of piperazine rings is 1. The van der Waals surface area contributed by atoms with E-state index in [0.29, 0.717) is 50.6 Å². The van der Waals surface area contributed by atoms with Gasteiger partial charge in [0.2, 0.25) is 5.91 Å². The number of ether oxygens (including phenoxy) is 1. The average Bonchev–Trinajstić information content (AvgIpc) is 3.76. The fourth-order valence-corrected chi connectivity index (χ4v) is 7.22. The van der Waals surface area contributed by atoms with E-state index in [1.807, 2.05) is 4.90 Å². The van der Waals surface area contributed by atoms with Gasteiger partial charge in [-0.2, -0.15) is 15.2 Å². The van der Waals surface area contributed by atoms with Crippen LogP contribution < -0.4 is 9.64 Å². The van der Waals surface area contributed by atoms with E-state index in [1.165, 1.54) is 33.9 Å². The van der Waals surface area contributed by atoms with Gasteiger partial charge in [0, 0.05) is 37.3 Å². The van der Waals surface area contributed by atoms with Crippen LogP contribution >= 0.6 is 0 Å². The number of amides is 1. The van der Waals surface area contributed by atoms with Gasteiger partial charge in [0.1, 0.15) is 12.4 Å². The molecule has 3 fully saturated rings. The van der Waals surface area contributed by atoms with Crippen LogP contribution in [0.2, 0.25) is 0 Å². The van der Waals surface area contributed by atoms with E-state index in [9.17, 15) is 10.1 Å². The van der Waals surface area contributed by atoms with Gasteiger partial charge in [-0.15, -0.1) is 0 Å². The topological polar surface area (TPSA) is 85.6 Å². The molecule has 2 aromatic carbocycles. The highest BCUT2D eigenvalue weighted by Crippen LogP contribution is 2.39. The van der Waals surface area contributed by atoms with Crippen LogP contribution in [0.1, 0.15) is 61.3 Å². The van der Waals surface area contributed by atoms with Gasteiger partial charge in [-0.3, -0.25) is 4.79 Å². The van der Waals surface area contributed by atoms with E-state index >= 15 is 0 Å². The summed E-state index contributed by atoms with van der Waals surface area (Å²) in [5, 5.41) is 12.2. The first-order valence-electron chi connectivity index (χ1n) is 15.9. The normalized spacial score (nSPS) is 23.6. The molecule has 2 aliphatic carbocycles. The number of likely N-dealkylation sites (tertiary alicyclic amines) is 1. The summed E-state index contributed by atoms with van der Waals surface area (Å²) in [6, 6.07) is 18.2. The number of aromatic nitrogens is 2. The molecule has 0 N–H and O–H groups in total. The van der Waals surface area contributed by atoms with Crippen molar-refractivity contribution in [3.8, 4) is 12.1 Å². The van der Waals surface area contributed by atoms with Crippen molar-refractivity contribution in [3.63, 3.8) is 0 Å². The third-order valence-electron chi connectivity index (χ3n) is 9.83. The molecule has 8 heteroatoms. The zero-order valence-corrected chi connectivity index (χ0v) is 25.0. The monoisotopic (exact) mass is 576 g/mol. The summed E-state index contributed by atoms with van der Waals surface area (Å²) in [4.78, 5) is 29.7. The number of likely N-dealkylation sites (N-methyl/N-ethyl adjacent to an activating group) is 1. The van der Waals surface area contributed by atoms with Gasteiger partial charge in [-0.25, -0.2) is 0 Å². The average molecular weight is 577 g/mol. The second kappa shape index (κ2) is 12.0. The van der Waals surface area contributed by atoms with Crippen molar-refractivity contribution in [1.29, 1.82) is 5.26 Å². The maximum Gasteiger partial charge on any atom is 0.318 e. The Morgan fingerprint density at radius 2 is 1.91 bits per heavy atom. The molecule has 3 aromatic rings. The van der Waals surface area contributed by atoms with E-state index in [1.54, 1.807) is 6.08 Å². The zero-order valence-electron chi connectivity index (χ0n) is 25.0. The molecule has 1 amide bonds. The van der Waals surface area contributed by atoms with Crippen LogP contribution in [0.25, 0.3) is 10.8 Å². The minimum atomic E-state index is -0.170. The van der Waals surface area contributed by atoms with Crippen LogP contribution in [-0.4, -0.2) is 77.6 Å². The van der Waals surface area contributed by atoms with Crippen molar-refractivity contribution in [2.75, 3.05) is 44.7 Å². The highest BCUT2D eigenvalue weighted by atomic mass is 16.5. The van der Waals surface area contributed by atoms with Crippen LogP contribution in [0, 0.1) is 11.3 Å². The number of fused-ring (bicyclic) bond motifs is 2. The molecule has 0 radical (unpaired) electrons. The largest absolute Gasteiger partial charge is 0.462 e. The van der Waals surface area contributed by atoms with Gasteiger partial charge in [0.05, 0.1) is 24.2 Å². The molecular weight excluding hydrogens is 536 g/mol. The predicted molar refractivity (Wildman–Crippen MR) is 167 cm³/mol. The number of hydrogen-bond donors (Lipinski definition) is 0. The lowest BCUT2D eigenvalue weighted by Gasteiger charge is -2.42. The molecule has 222 valence electrons. The predicted octanol–water partition coefficient (Wildman–Crippen LogP) is 5.03. The summed E-state index contributed by atoms with van der Waals surface area (Å²) < 4.78 is 6.34. The summed E-state index contributed by atoms with van der Waals surface area (Å²) in [5.74, 6) is 1.33. The lowest BCUT2D eigenvalue weighted by molar-refractivity contribution is -0.128. The minimum Gasteiger partial charge on any atom is -0.462 e. The van der Waals surface area contributed by atoms with E-state index in [4.69, 9.17) is 14.7 Å². The second-order valence-electron chi connectivity index (χ2n) is 12.6. The number of hydrogen-bond acceptors (Lipinski definition) is 7. The Balaban J connectivity index is 1.19. The number of nitriles is 1.